The number of hydrogen-bond donors (Lipinski definition) is 1. The molecule has 2 aromatic carbocycles. The minimum atomic E-state index is -0.989. The van der Waals surface area contributed by atoms with Gasteiger partial charge in [-0.25, -0.2) is 0 Å². The summed E-state index contributed by atoms with van der Waals surface area (Å²) >= 11 is 0. The number of amides is 2. The van der Waals surface area contributed by atoms with Gasteiger partial charge in [0.25, 0.3) is 5.91 Å². The van der Waals surface area contributed by atoms with Gasteiger partial charge in [0.2, 0.25) is 5.91 Å². The first-order valence-corrected chi connectivity index (χ1v) is 9.76. The summed E-state index contributed by atoms with van der Waals surface area (Å²) in [6, 6.07) is 14.9. The third-order valence-corrected chi connectivity index (χ3v) is 6.28. The van der Waals surface area contributed by atoms with Gasteiger partial charge in [0, 0.05) is 19.3 Å². The van der Waals surface area contributed by atoms with E-state index in [9.17, 15) is 9.59 Å². The summed E-state index contributed by atoms with van der Waals surface area (Å²) in [5, 5.41) is 3.03. The molecule has 1 fully saturated rings. The lowest BCUT2D eigenvalue weighted by atomic mass is 9.72. The van der Waals surface area contributed by atoms with E-state index in [-0.39, 0.29) is 11.8 Å². The molecule has 0 aliphatic carbocycles. The topological polar surface area (TPSA) is 67.9 Å². The lowest BCUT2D eigenvalue weighted by Gasteiger charge is -2.37. The first-order chi connectivity index (χ1) is 13.8. The van der Waals surface area contributed by atoms with Crippen molar-refractivity contribution in [1.82, 2.24) is 4.90 Å². The molecule has 2 aromatic rings. The summed E-state index contributed by atoms with van der Waals surface area (Å²) in [5.74, 6) is 0.480. The van der Waals surface area contributed by atoms with Gasteiger partial charge < -0.3 is 19.7 Å². The summed E-state index contributed by atoms with van der Waals surface area (Å²) < 4.78 is 10.9. The smallest absolute Gasteiger partial charge is 0.254 e. The Balaban J connectivity index is 1.91. The number of nitrogens with one attached hydrogen (secondary N) is 1. The Labute approximate surface area is 170 Å². The lowest BCUT2D eigenvalue weighted by Crippen LogP contribution is -2.49. The summed E-state index contributed by atoms with van der Waals surface area (Å²) in [4.78, 5) is 28.6. The van der Waals surface area contributed by atoms with E-state index in [0.717, 1.165) is 16.8 Å². The van der Waals surface area contributed by atoms with Crippen LogP contribution >= 0.6 is 0 Å². The summed E-state index contributed by atoms with van der Waals surface area (Å²) in [7, 11) is 3.14. The Morgan fingerprint density at radius 1 is 1.17 bits per heavy atom. The number of rotatable bonds is 4. The Morgan fingerprint density at radius 3 is 2.66 bits per heavy atom. The van der Waals surface area contributed by atoms with Gasteiger partial charge in [0.1, 0.15) is 16.8 Å². The fourth-order valence-electron chi connectivity index (χ4n) is 4.61. The zero-order valence-corrected chi connectivity index (χ0v) is 17.2. The van der Waals surface area contributed by atoms with Gasteiger partial charge in [-0.3, -0.25) is 9.59 Å². The average molecular weight is 394 g/mol. The summed E-state index contributed by atoms with van der Waals surface area (Å²) in [5.41, 5.74) is 0.780. The van der Waals surface area contributed by atoms with Crippen LogP contribution in [0, 0.1) is 0 Å². The minimum Gasteiger partial charge on any atom is -0.497 e. The fourth-order valence-corrected chi connectivity index (χ4v) is 4.61. The lowest BCUT2D eigenvalue weighted by molar-refractivity contribution is -0.152. The molecule has 0 aromatic heterocycles. The number of benzene rings is 2. The van der Waals surface area contributed by atoms with E-state index in [2.05, 4.69) is 5.32 Å². The van der Waals surface area contributed by atoms with Crippen LogP contribution in [0.2, 0.25) is 0 Å². The van der Waals surface area contributed by atoms with Crippen LogP contribution in [0.4, 0.5) is 5.69 Å². The highest BCUT2D eigenvalue weighted by atomic mass is 16.5. The van der Waals surface area contributed by atoms with Crippen LogP contribution in [0.15, 0.2) is 48.5 Å². The number of nitrogens with zero attached hydrogens (tertiary/aromatic N) is 1. The molecule has 6 nitrogen and oxygen atoms in total. The second-order valence-electron chi connectivity index (χ2n) is 8.11. The zero-order valence-electron chi connectivity index (χ0n) is 17.2. The summed E-state index contributed by atoms with van der Waals surface area (Å²) in [6.45, 7) is 3.98. The van der Waals surface area contributed by atoms with Crippen LogP contribution in [-0.4, -0.2) is 43.1 Å². The van der Waals surface area contributed by atoms with Gasteiger partial charge in [-0.15, -0.1) is 0 Å². The molecule has 2 amide bonds. The highest BCUT2D eigenvalue weighted by Crippen LogP contribution is 2.55. The maximum Gasteiger partial charge on any atom is 0.254 e. The van der Waals surface area contributed by atoms with Crippen molar-refractivity contribution in [2.45, 2.75) is 37.3 Å². The van der Waals surface area contributed by atoms with Crippen molar-refractivity contribution >= 4 is 17.5 Å². The van der Waals surface area contributed by atoms with Gasteiger partial charge in [-0.05, 0) is 49.6 Å². The van der Waals surface area contributed by atoms with E-state index in [4.69, 9.17) is 9.47 Å². The van der Waals surface area contributed by atoms with Crippen molar-refractivity contribution in [3.63, 3.8) is 0 Å². The highest BCUT2D eigenvalue weighted by molar-refractivity contribution is 6.08. The zero-order chi connectivity index (χ0) is 20.8. The van der Waals surface area contributed by atoms with Crippen molar-refractivity contribution < 1.29 is 19.1 Å². The monoisotopic (exact) mass is 394 g/mol. The molecular weight excluding hydrogens is 368 g/mol. The van der Waals surface area contributed by atoms with Gasteiger partial charge in [-0.1, -0.05) is 30.3 Å². The van der Waals surface area contributed by atoms with Crippen molar-refractivity contribution in [1.29, 1.82) is 0 Å². The van der Waals surface area contributed by atoms with E-state index in [1.807, 2.05) is 48.5 Å². The second kappa shape index (κ2) is 6.88. The molecule has 0 bridgehead atoms. The molecule has 1 saturated heterocycles. The van der Waals surface area contributed by atoms with Crippen molar-refractivity contribution in [2.75, 3.05) is 26.1 Å². The molecule has 29 heavy (non-hydrogen) atoms. The highest BCUT2D eigenvalue weighted by Gasteiger charge is 2.60. The number of carbonyl (C=O) groups excluding carboxylic acids is 2. The van der Waals surface area contributed by atoms with Gasteiger partial charge in [0.15, 0.2) is 0 Å². The van der Waals surface area contributed by atoms with Crippen LogP contribution < -0.4 is 10.1 Å². The van der Waals surface area contributed by atoms with Crippen LogP contribution in [0.25, 0.3) is 0 Å². The standard InChI is InChI=1S/C23H26N2O4/c1-22(2,29-4)21(27)25-13-12-23(17-10-5-6-11-18(17)24-20(23)26)19(25)15-8-7-9-16(14-15)28-3/h5-11,14,19H,12-13H2,1-4H3,(H,24,26)/t19-,23+/m0/s1. The number of carbonyl (C=O) groups is 2. The molecule has 6 heteroatoms. The van der Waals surface area contributed by atoms with Crippen molar-refractivity contribution in [2.24, 2.45) is 0 Å². The molecule has 2 aliphatic heterocycles. The number of para-hydroxylation sites is 1. The molecule has 152 valence electrons. The Bertz CT molecular complexity index is 971. The molecule has 0 unspecified atom stereocenters. The van der Waals surface area contributed by atoms with E-state index in [0.29, 0.717) is 18.7 Å². The van der Waals surface area contributed by atoms with E-state index in [1.54, 1.807) is 25.9 Å². The number of ether oxygens (including phenoxy) is 2. The predicted molar refractivity (Wildman–Crippen MR) is 110 cm³/mol. The van der Waals surface area contributed by atoms with Crippen LogP contribution in [0.1, 0.15) is 37.4 Å². The number of likely N-dealkylation sites (tertiary alicyclic amines) is 1. The largest absolute Gasteiger partial charge is 0.497 e. The van der Waals surface area contributed by atoms with E-state index < -0.39 is 17.1 Å². The first-order valence-electron chi connectivity index (χ1n) is 9.76. The van der Waals surface area contributed by atoms with Crippen molar-refractivity contribution in [3.8, 4) is 5.75 Å². The van der Waals surface area contributed by atoms with Gasteiger partial charge >= 0.3 is 0 Å². The maximum absolute atomic E-state index is 13.4. The summed E-state index contributed by atoms with van der Waals surface area (Å²) in [6.07, 6.45) is 0.545. The van der Waals surface area contributed by atoms with Crippen molar-refractivity contribution in [3.05, 3.63) is 59.7 Å². The predicted octanol–water partition coefficient (Wildman–Crippen LogP) is 3.28. The van der Waals surface area contributed by atoms with E-state index >= 15 is 0 Å². The normalized spacial score (nSPS) is 23.2. The Morgan fingerprint density at radius 2 is 1.93 bits per heavy atom. The minimum absolute atomic E-state index is 0.0722. The number of methoxy groups -OCH3 is 2. The third-order valence-electron chi connectivity index (χ3n) is 6.28. The molecule has 4 rings (SSSR count). The Hall–Kier alpha value is -2.86. The molecule has 0 saturated carbocycles. The molecule has 2 atom stereocenters. The SMILES string of the molecule is COc1cccc([C@@H]2N(C(=O)C(C)(C)OC)CC[C@]23C(=O)Nc2ccccc23)c1. The van der Waals surface area contributed by atoms with E-state index in [1.165, 1.54) is 7.11 Å². The molecule has 0 radical (unpaired) electrons. The van der Waals surface area contributed by atoms with Crippen LogP contribution in [0.3, 0.4) is 0 Å². The molecule has 2 aliphatic rings. The van der Waals surface area contributed by atoms with Gasteiger partial charge in [0.05, 0.1) is 13.2 Å². The van der Waals surface area contributed by atoms with Gasteiger partial charge in [-0.2, -0.15) is 0 Å². The number of hydrogen-bond acceptors (Lipinski definition) is 4. The molecule has 2 heterocycles. The molecular formula is C23H26N2O4. The maximum atomic E-state index is 13.4. The quantitative estimate of drug-likeness (QED) is 0.864. The Kier molecular flexibility index (Phi) is 4.62. The number of anilines is 1. The first kappa shape index (κ1) is 19.5. The van der Waals surface area contributed by atoms with Crippen LogP contribution in [-0.2, 0) is 19.7 Å². The number of fused-ring (bicyclic) bond motifs is 2. The third kappa shape index (κ3) is 2.82. The average Bonchev–Trinajstić information content (AvgIpc) is 3.27. The molecule has 1 spiro atoms. The van der Waals surface area contributed by atoms with Crippen LogP contribution in [0.5, 0.6) is 5.75 Å². The second-order valence-corrected chi connectivity index (χ2v) is 8.11. The fraction of sp³-hybridized carbons (Fsp3) is 0.391. The molecule has 1 N–H and O–H groups in total.